The molecule has 1 N–H and O–H groups in total. The molecule has 1 aliphatic rings. The number of aliphatic hydroxyl groups is 1. The summed E-state index contributed by atoms with van der Waals surface area (Å²) in [6.45, 7) is 7.64. The van der Waals surface area contributed by atoms with Crippen molar-refractivity contribution in [3.63, 3.8) is 0 Å². The summed E-state index contributed by atoms with van der Waals surface area (Å²) in [7, 11) is 0. The van der Waals surface area contributed by atoms with Gasteiger partial charge in [0.25, 0.3) is 0 Å². The Morgan fingerprint density at radius 3 is 1.94 bits per heavy atom. The molecule has 1 aromatic rings. The second-order valence-corrected chi connectivity index (χ2v) is 8.38. The van der Waals surface area contributed by atoms with Gasteiger partial charge in [-0.3, -0.25) is 4.90 Å². The minimum Gasteiger partial charge on any atom is -0.395 e. The van der Waals surface area contributed by atoms with Gasteiger partial charge in [-0.25, -0.2) is 32.9 Å². The summed E-state index contributed by atoms with van der Waals surface area (Å²) in [6.07, 6.45) is -0.0855. The van der Waals surface area contributed by atoms with Crippen molar-refractivity contribution in [3.05, 3.63) is 31.5 Å². The molecule has 13 heteroatoms. The molecule has 1 aromatic heterocycles. The molecule has 2 amide bonds. The van der Waals surface area contributed by atoms with Gasteiger partial charge < -0.3 is 24.2 Å². The molecule has 1 fully saturated rings. The van der Waals surface area contributed by atoms with Crippen LogP contribution in [0.1, 0.15) is 27.7 Å². The largest absolute Gasteiger partial charge is 0.395 e. The highest BCUT2D eigenvalue weighted by Gasteiger charge is 2.26. The third-order valence-corrected chi connectivity index (χ3v) is 4.80. The van der Waals surface area contributed by atoms with E-state index in [1.807, 2.05) is 27.7 Å². The SMILES string of the molecule is CC(C)CN1COCN(COCCn2c(=O)n(CCO)c(=O)n(CCOC(C)C)c2=O)C1=O. The number of aromatic nitrogens is 3. The van der Waals surface area contributed by atoms with Gasteiger partial charge in [0.15, 0.2) is 0 Å². The van der Waals surface area contributed by atoms with E-state index >= 15 is 0 Å². The Labute approximate surface area is 191 Å². The maximum Gasteiger partial charge on any atom is 0.336 e. The highest BCUT2D eigenvalue weighted by atomic mass is 16.5. The first-order valence-corrected chi connectivity index (χ1v) is 11.0. The molecule has 1 saturated heterocycles. The molecule has 33 heavy (non-hydrogen) atoms. The van der Waals surface area contributed by atoms with Crippen molar-refractivity contribution >= 4 is 6.03 Å². The lowest BCUT2D eigenvalue weighted by atomic mass is 10.2. The molecule has 0 spiro atoms. The molecule has 2 rings (SSSR count). The van der Waals surface area contributed by atoms with E-state index in [-0.39, 0.29) is 71.1 Å². The predicted octanol–water partition coefficient (Wildman–Crippen LogP) is -1.11. The molecule has 0 saturated carbocycles. The average Bonchev–Trinajstić information content (AvgIpc) is 2.75. The number of rotatable bonds is 13. The molecule has 0 unspecified atom stereocenters. The number of aliphatic hydroxyl groups excluding tert-OH is 1. The van der Waals surface area contributed by atoms with E-state index in [4.69, 9.17) is 14.2 Å². The summed E-state index contributed by atoms with van der Waals surface area (Å²) in [6, 6.07) is -0.212. The van der Waals surface area contributed by atoms with Crippen LogP contribution in [0.25, 0.3) is 0 Å². The van der Waals surface area contributed by atoms with Crippen molar-refractivity contribution in [2.45, 2.75) is 53.4 Å². The summed E-state index contributed by atoms with van der Waals surface area (Å²) in [5.74, 6) is 0.285. The van der Waals surface area contributed by atoms with E-state index in [1.54, 1.807) is 4.90 Å². The number of hydrogen-bond donors (Lipinski definition) is 1. The van der Waals surface area contributed by atoms with Gasteiger partial charge >= 0.3 is 23.1 Å². The van der Waals surface area contributed by atoms with Gasteiger partial charge in [-0.15, -0.1) is 0 Å². The maximum atomic E-state index is 12.8. The zero-order valence-corrected chi connectivity index (χ0v) is 19.8. The Balaban J connectivity index is 2.08. The molecule has 188 valence electrons. The van der Waals surface area contributed by atoms with Crippen LogP contribution in [0.4, 0.5) is 4.79 Å². The quantitative estimate of drug-likeness (QED) is 0.356. The summed E-state index contributed by atoms with van der Waals surface area (Å²) in [5, 5.41) is 9.23. The topological polar surface area (TPSA) is 137 Å². The van der Waals surface area contributed by atoms with Crippen LogP contribution < -0.4 is 17.1 Å². The predicted molar refractivity (Wildman–Crippen MR) is 118 cm³/mol. The van der Waals surface area contributed by atoms with E-state index < -0.39 is 23.7 Å². The van der Waals surface area contributed by atoms with Crippen LogP contribution in [0.3, 0.4) is 0 Å². The van der Waals surface area contributed by atoms with Crippen molar-refractivity contribution in [2.24, 2.45) is 5.92 Å². The van der Waals surface area contributed by atoms with Gasteiger partial charge in [0, 0.05) is 6.54 Å². The van der Waals surface area contributed by atoms with Crippen LogP contribution in [0.5, 0.6) is 0 Å². The van der Waals surface area contributed by atoms with Crippen molar-refractivity contribution in [2.75, 3.05) is 46.6 Å². The number of hydrogen-bond acceptors (Lipinski definition) is 8. The minimum atomic E-state index is -0.829. The van der Waals surface area contributed by atoms with Crippen LogP contribution in [-0.2, 0) is 33.8 Å². The molecular weight excluding hydrogens is 438 g/mol. The molecule has 0 atom stereocenters. The van der Waals surface area contributed by atoms with Crippen LogP contribution in [0.15, 0.2) is 14.4 Å². The minimum absolute atomic E-state index is 0.0340. The summed E-state index contributed by atoms with van der Waals surface area (Å²) >= 11 is 0. The van der Waals surface area contributed by atoms with Gasteiger partial charge in [-0.1, -0.05) is 13.8 Å². The lowest BCUT2D eigenvalue weighted by Crippen LogP contribution is -2.55. The second-order valence-electron chi connectivity index (χ2n) is 8.38. The Morgan fingerprint density at radius 1 is 0.848 bits per heavy atom. The van der Waals surface area contributed by atoms with E-state index in [2.05, 4.69) is 0 Å². The number of carbonyl (C=O) groups excluding carboxylic acids is 1. The first-order valence-electron chi connectivity index (χ1n) is 11.0. The van der Waals surface area contributed by atoms with Crippen LogP contribution in [0, 0.1) is 5.92 Å². The van der Waals surface area contributed by atoms with Crippen LogP contribution >= 0.6 is 0 Å². The van der Waals surface area contributed by atoms with Gasteiger partial charge in [-0.05, 0) is 19.8 Å². The van der Waals surface area contributed by atoms with Crippen molar-refractivity contribution in [3.8, 4) is 0 Å². The lowest BCUT2D eigenvalue weighted by molar-refractivity contribution is -0.0899. The highest BCUT2D eigenvalue weighted by Crippen LogP contribution is 2.09. The van der Waals surface area contributed by atoms with Crippen molar-refractivity contribution < 1.29 is 24.1 Å². The smallest absolute Gasteiger partial charge is 0.336 e. The molecule has 0 bridgehead atoms. The third kappa shape index (κ3) is 7.25. The van der Waals surface area contributed by atoms with Gasteiger partial charge in [0.1, 0.15) is 20.2 Å². The zero-order valence-electron chi connectivity index (χ0n) is 19.8. The molecule has 0 radical (unpaired) electrons. The normalized spacial score (nSPS) is 14.7. The Kier molecular flexibility index (Phi) is 10.3. The number of ether oxygens (including phenoxy) is 3. The second kappa shape index (κ2) is 12.7. The Morgan fingerprint density at radius 2 is 1.39 bits per heavy atom. The fraction of sp³-hybridized carbons (Fsp3) is 0.800. The molecule has 13 nitrogen and oxygen atoms in total. The standard InChI is InChI=1S/C20H35N5O8/c1-15(2)11-21-12-32-14-22(17(21)27)13-31-9-6-24-18(28)23(5-8-26)19(29)25(20(24)30)7-10-33-16(3)4/h15-16,26H,5-14H2,1-4H3. The summed E-state index contributed by atoms with van der Waals surface area (Å²) in [5.41, 5.74) is -2.41. The number of carbonyl (C=O) groups is 1. The zero-order chi connectivity index (χ0) is 24.5. The van der Waals surface area contributed by atoms with Crippen LogP contribution in [0.2, 0.25) is 0 Å². The summed E-state index contributed by atoms with van der Waals surface area (Å²) < 4.78 is 18.9. The first kappa shape index (κ1) is 26.8. The van der Waals surface area contributed by atoms with Crippen molar-refractivity contribution in [1.82, 2.24) is 23.5 Å². The Bertz CT molecular complexity index is 951. The van der Waals surface area contributed by atoms with Gasteiger partial charge in [-0.2, -0.15) is 0 Å². The fourth-order valence-electron chi connectivity index (χ4n) is 3.30. The number of amides is 2. The van der Waals surface area contributed by atoms with Gasteiger partial charge in [0.05, 0.1) is 45.6 Å². The number of nitrogens with zero attached hydrogens (tertiary/aromatic N) is 5. The van der Waals surface area contributed by atoms with E-state index in [0.29, 0.717) is 6.54 Å². The molecule has 0 aliphatic carbocycles. The Hall–Kier alpha value is -2.48. The highest BCUT2D eigenvalue weighted by molar-refractivity contribution is 5.74. The van der Waals surface area contributed by atoms with Crippen LogP contribution in [-0.4, -0.2) is 87.3 Å². The average molecular weight is 474 g/mol. The van der Waals surface area contributed by atoms with Crippen molar-refractivity contribution in [1.29, 1.82) is 0 Å². The lowest BCUT2D eigenvalue weighted by Gasteiger charge is -2.35. The third-order valence-electron chi connectivity index (χ3n) is 4.80. The van der Waals surface area contributed by atoms with E-state index in [0.717, 1.165) is 13.7 Å². The molecule has 1 aliphatic heterocycles. The first-order chi connectivity index (χ1) is 15.7. The van der Waals surface area contributed by atoms with E-state index in [9.17, 15) is 24.3 Å². The number of urea groups is 1. The fourth-order valence-corrected chi connectivity index (χ4v) is 3.30. The maximum absolute atomic E-state index is 12.8. The molecule has 2 heterocycles. The molecule has 0 aromatic carbocycles. The monoisotopic (exact) mass is 473 g/mol. The molecular formula is C20H35N5O8. The van der Waals surface area contributed by atoms with Gasteiger partial charge in [0.2, 0.25) is 0 Å². The summed E-state index contributed by atoms with van der Waals surface area (Å²) in [4.78, 5) is 53.4. The van der Waals surface area contributed by atoms with E-state index in [1.165, 1.54) is 4.90 Å².